The number of hydrogen-bond acceptors (Lipinski definition) is 2. The standard InChI is InChI=1S/C15H18F2O2/c1-9-5-7-15(19,8-6-9)14(18)11-4-3-10(2)12(16)13(11)17/h3-4,9,19H,5-8H2,1-2H3. The molecule has 0 radical (unpaired) electrons. The van der Waals surface area contributed by atoms with Crippen molar-refractivity contribution in [1.82, 2.24) is 0 Å². The van der Waals surface area contributed by atoms with Crippen molar-refractivity contribution < 1.29 is 18.7 Å². The van der Waals surface area contributed by atoms with E-state index in [0.29, 0.717) is 18.8 Å². The molecule has 1 aromatic rings. The number of benzene rings is 1. The molecule has 0 aromatic heterocycles. The Hall–Kier alpha value is -1.29. The number of ketones is 1. The molecule has 19 heavy (non-hydrogen) atoms. The van der Waals surface area contributed by atoms with E-state index in [1.165, 1.54) is 19.1 Å². The van der Waals surface area contributed by atoms with Crippen LogP contribution < -0.4 is 0 Å². The van der Waals surface area contributed by atoms with Crippen LogP contribution in [0.25, 0.3) is 0 Å². The average molecular weight is 268 g/mol. The summed E-state index contributed by atoms with van der Waals surface area (Å²) in [7, 11) is 0. The van der Waals surface area contributed by atoms with Crippen molar-refractivity contribution in [3.63, 3.8) is 0 Å². The first-order valence-electron chi connectivity index (χ1n) is 6.57. The summed E-state index contributed by atoms with van der Waals surface area (Å²) in [5.41, 5.74) is -1.74. The lowest BCUT2D eigenvalue weighted by Crippen LogP contribution is -2.42. The van der Waals surface area contributed by atoms with Gasteiger partial charge in [0.05, 0.1) is 5.56 Å². The van der Waals surface area contributed by atoms with Crippen molar-refractivity contribution in [3.8, 4) is 0 Å². The Balaban J connectivity index is 2.32. The first kappa shape index (κ1) is 14.1. The van der Waals surface area contributed by atoms with Crippen molar-refractivity contribution in [2.24, 2.45) is 5.92 Å². The van der Waals surface area contributed by atoms with Gasteiger partial charge in [-0.25, -0.2) is 8.78 Å². The highest BCUT2D eigenvalue weighted by Crippen LogP contribution is 2.35. The summed E-state index contributed by atoms with van der Waals surface area (Å²) in [5, 5.41) is 10.4. The van der Waals surface area contributed by atoms with Gasteiger partial charge in [-0.1, -0.05) is 13.0 Å². The van der Waals surface area contributed by atoms with Crippen molar-refractivity contribution in [1.29, 1.82) is 0 Å². The molecule has 0 unspecified atom stereocenters. The SMILES string of the molecule is Cc1ccc(C(=O)C2(O)CCC(C)CC2)c(F)c1F. The summed E-state index contributed by atoms with van der Waals surface area (Å²) >= 11 is 0. The zero-order valence-electron chi connectivity index (χ0n) is 11.2. The molecule has 1 aromatic carbocycles. The average Bonchev–Trinajstić information content (AvgIpc) is 2.39. The second-order valence-corrected chi connectivity index (χ2v) is 5.60. The van der Waals surface area contributed by atoms with Crippen molar-refractivity contribution >= 4 is 5.78 Å². The lowest BCUT2D eigenvalue weighted by atomic mass is 9.75. The van der Waals surface area contributed by atoms with Gasteiger partial charge in [0, 0.05) is 0 Å². The van der Waals surface area contributed by atoms with E-state index < -0.39 is 23.0 Å². The molecule has 0 amide bonds. The summed E-state index contributed by atoms with van der Waals surface area (Å²) in [5.74, 6) is -2.42. The number of aryl methyl sites for hydroxylation is 1. The van der Waals surface area contributed by atoms with Gasteiger partial charge in [0.25, 0.3) is 0 Å². The van der Waals surface area contributed by atoms with E-state index in [0.717, 1.165) is 12.8 Å². The molecule has 0 atom stereocenters. The highest BCUT2D eigenvalue weighted by Gasteiger charge is 2.40. The third-order valence-electron chi connectivity index (χ3n) is 4.04. The summed E-state index contributed by atoms with van der Waals surface area (Å²) in [6, 6.07) is 2.62. The smallest absolute Gasteiger partial charge is 0.197 e. The molecule has 4 heteroatoms. The van der Waals surface area contributed by atoms with Gasteiger partial charge in [-0.05, 0) is 50.2 Å². The fourth-order valence-electron chi connectivity index (χ4n) is 2.54. The van der Waals surface area contributed by atoms with Crippen LogP contribution in [0.2, 0.25) is 0 Å². The number of carbonyl (C=O) groups is 1. The molecule has 0 saturated heterocycles. The van der Waals surface area contributed by atoms with Crippen molar-refractivity contribution in [2.75, 3.05) is 0 Å². The maximum Gasteiger partial charge on any atom is 0.197 e. The predicted octanol–water partition coefficient (Wildman–Crippen LogP) is 3.40. The van der Waals surface area contributed by atoms with Crippen LogP contribution in [-0.2, 0) is 0 Å². The monoisotopic (exact) mass is 268 g/mol. The van der Waals surface area contributed by atoms with E-state index in [1.54, 1.807) is 0 Å². The van der Waals surface area contributed by atoms with Crippen LogP contribution in [0, 0.1) is 24.5 Å². The third kappa shape index (κ3) is 2.54. The number of halogens is 2. The van der Waals surface area contributed by atoms with Gasteiger partial charge in [-0.3, -0.25) is 4.79 Å². The number of rotatable bonds is 2. The quantitative estimate of drug-likeness (QED) is 0.835. The zero-order valence-corrected chi connectivity index (χ0v) is 11.2. The molecule has 104 valence electrons. The normalized spacial score (nSPS) is 27.3. The maximum absolute atomic E-state index is 13.8. The minimum atomic E-state index is -1.55. The van der Waals surface area contributed by atoms with Crippen LogP contribution in [0.1, 0.15) is 48.5 Å². The van der Waals surface area contributed by atoms with Crippen LogP contribution in [-0.4, -0.2) is 16.5 Å². The van der Waals surface area contributed by atoms with Crippen LogP contribution in [0.3, 0.4) is 0 Å². The van der Waals surface area contributed by atoms with Crippen molar-refractivity contribution in [2.45, 2.75) is 45.1 Å². The Kier molecular flexibility index (Phi) is 3.72. The minimum absolute atomic E-state index is 0.151. The molecule has 1 N–H and O–H groups in total. The molecular formula is C15H18F2O2. The molecule has 1 fully saturated rings. The zero-order chi connectivity index (χ0) is 14.2. The highest BCUT2D eigenvalue weighted by molar-refractivity contribution is 6.02. The van der Waals surface area contributed by atoms with E-state index in [2.05, 4.69) is 6.92 Å². The molecule has 0 spiro atoms. The van der Waals surface area contributed by atoms with E-state index in [4.69, 9.17) is 0 Å². The van der Waals surface area contributed by atoms with Gasteiger partial charge in [0.2, 0.25) is 0 Å². The molecule has 0 aliphatic heterocycles. The molecule has 0 heterocycles. The van der Waals surface area contributed by atoms with Gasteiger partial charge in [-0.2, -0.15) is 0 Å². The number of hydrogen-bond donors (Lipinski definition) is 1. The van der Waals surface area contributed by atoms with Crippen LogP contribution in [0.4, 0.5) is 8.78 Å². The predicted molar refractivity (Wildman–Crippen MR) is 68.0 cm³/mol. The van der Waals surface area contributed by atoms with Gasteiger partial charge >= 0.3 is 0 Å². The molecule has 2 nitrogen and oxygen atoms in total. The van der Waals surface area contributed by atoms with Gasteiger partial charge in [-0.15, -0.1) is 0 Å². The van der Waals surface area contributed by atoms with Crippen LogP contribution in [0.5, 0.6) is 0 Å². The largest absolute Gasteiger partial charge is 0.382 e. The fourth-order valence-corrected chi connectivity index (χ4v) is 2.54. The van der Waals surface area contributed by atoms with Crippen LogP contribution in [0.15, 0.2) is 12.1 Å². The highest BCUT2D eigenvalue weighted by atomic mass is 19.2. The second-order valence-electron chi connectivity index (χ2n) is 5.60. The van der Waals surface area contributed by atoms with E-state index in [-0.39, 0.29) is 11.1 Å². The Morgan fingerprint density at radius 3 is 2.42 bits per heavy atom. The van der Waals surface area contributed by atoms with E-state index in [9.17, 15) is 18.7 Å². The summed E-state index contributed by atoms with van der Waals surface area (Å²) in [6.45, 7) is 3.49. The topological polar surface area (TPSA) is 37.3 Å². The fraction of sp³-hybridized carbons (Fsp3) is 0.533. The Morgan fingerprint density at radius 2 is 1.84 bits per heavy atom. The van der Waals surface area contributed by atoms with Crippen LogP contribution >= 0.6 is 0 Å². The summed E-state index contributed by atoms with van der Waals surface area (Å²) < 4.78 is 27.3. The maximum atomic E-state index is 13.8. The Morgan fingerprint density at radius 1 is 1.26 bits per heavy atom. The number of aliphatic hydroxyl groups is 1. The van der Waals surface area contributed by atoms with E-state index in [1.807, 2.05) is 0 Å². The Bertz CT molecular complexity index is 503. The van der Waals surface area contributed by atoms with Gasteiger partial charge in [0.1, 0.15) is 5.60 Å². The first-order valence-corrected chi connectivity index (χ1v) is 6.57. The molecular weight excluding hydrogens is 250 g/mol. The summed E-state index contributed by atoms with van der Waals surface area (Å²) in [6.07, 6.45) is 2.06. The molecule has 2 rings (SSSR count). The first-order chi connectivity index (χ1) is 8.85. The molecule has 1 saturated carbocycles. The second kappa shape index (κ2) is 5.00. The molecule has 1 aliphatic rings. The minimum Gasteiger partial charge on any atom is -0.382 e. The lowest BCUT2D eigenvalue weighted by Gasteiger charge is -2.33. The van der Waals surface area contributed by atoms with Gasteiger partial charge in [0.15, 0.2) is 17.4 Å². The van der Waals surface area contributed by atoms with Crippen molar-refractivity contribution in [3.05, 3.63) is 34.9 Å². The molecule has 1 aliphatic carbocycles. The third-order valence-corrected chi connectivity index (χ3v) is 4.04. The van der Waals surface area contributed by atoms with E-state index >= 15 is 0 Å². The summed E-state index contributed by atoms with van der Waals surface area (Å²) in [4.78, 5) is 12.3. The Labute approximate surface area is 111 Å². The lowest BCUT2D eigenvalue weighted by molar-refractivity contribution is 0.00385. The number of carbonyl (C=O) groups excluding carboxylic acids is 1. The van der Waals surface area contributed by atoms with Gasteiger partial charge < -0.3 is 5.11 Å². The number of Topliss-reactive ketones (excluding diaryl/α,β-unsaturated/α-hetero) is 1. The molecule has 0 bridgehead atoms.